The molecule has 1 aromatic carbocycles. The molecule has 1 amide bonds. The van der Waals surface area contributed by atoms with Gasteiger partial charge in [-0.05, 0) is 39.1 Å². The van der Waals surface area contributed by atoms with Crippen LogP contribution in [0.5, 0.6) is 0 Å². The van der Waals surface area contributed by atoms with E-state index in [1.165, 1.54) is 0 Å². The molecular weight excluding hydrogens is 288 g/mol. The number of carbonyl (C=O) groups excluding carboxylic acids is 1. The van der Waals surface area contributed by atoms with Gasteiger partial charge in [0.2, 0.25) is 5.91 Å². The third kappa shape index (κ3) is 2.97. The molecule has 2 aliphatic heterocycles. The molecule has 0 radical (unpaired) electrons. The van der Waals surface area contributed by atoms with Crippen LogP contribution in [0.15, 0.2) is 24.3 Å². The van der Waals surface area contributed by atoms with Crippen LogP contribution in [-0.4, -0.2) is 65.9 Å². The number of likely N-dealkylation sites (N-methyl/N-ethyl adjacent to an activating group) is 1. The van der Waals surface area contributed by atoms with Crippen molar-refractivity contribution in [3.05, 3.63) is 35.4 Å². The first-order chi connectivity index (χ1) is 11.0. The number of amides is 1. The smallest absolute Gasteiger partial charge is 0.240 e. The highest BCUT2D eigenvalue weighted by Gasteiger charge is 2.44. The fourth-order valence-electron chi connectivity index (χ4n) is 3.72. The van der Waals surface area contributed by atoms with Crippen molar-refractivity contribution >= 4 is 5.91 Å². The largest absolute Gasteiger partial charge is 0.335 e. The van der Waals surface area contributed by atoms with Crippen LogP contribution in [0.1, 0.15) is 24.5 Å². The van der Waals surface area contributed by atoms with Gasteiger partial charge in [0.25, 0.3) is 0 Å². The lowest BCUT2D eigenvalue weighted by atomic mass is 10.0. The van der Waals surface area contributed by atoms with Gasteiger partial charge in [0.1, 0.15) is 0 Å². The van der Waals surface area contributed by atoms with Crippen LogP contribution in [0.3, 0.4) is 0 Å². The van der Waals surface area contributed by atoms with E-state index in [0.717, 1.165) is 25.1 Å². The summed E-state index contributed by atoms with van der Waals surface area (Å²) in [4.78, 5) is 19.2. The number of benzene rings is 1. The van der Waals surface area contributed by atoms with E-state index in [1.807, 2.05) is 31.2 Å². The monoisotopic (exact) mass is 312 g/mol. The van der Waals surface area contributed by atoms with Crippen molar-refractivity contribution < 1.29 is 4.79 Å². The summed E-state index contributed by atoms with van der Waals surface area (Å²) in [7, 11) is 4.16. The summed E-state index contributed by atoms with van der Waals surface area (Å²) >= 11 is 0. The van der Waals surface area contributed by atoms with E-state index in [1.54, 1.807) is 0 Å². The summed E-state index contributed by atoms with van der Waals surface area (Å²) < 4.78 is 0. The van der Waals surface area contributed by atoms with Gasteiger partial charge in [0.05, 0.1) is 17.7 Å². The number of fused-ring (bicyclic) bond motifs is 1. The molecule has 122 valence electrons. The molecule has 1 aromatic rings. The van der Waals surface area contributed by atoms with Crippen molar-refractivity contribution in [3.63, 3.8) is 0 Å². The number of hydrogen-bond donors (Lipinski definition) is 0. The van der Waals surface area contributed by atoms with E-state index in [2.05, 4.69) is 34.9 Å². The molecule has 0 bridgehead atoms. The summed E-state index contributed by atoms with van der Waals surface area (Å²) in [6, 6.07) is 10.5. The molecular formula is C18H24N4O. The van der Waals surface area contributed by atoms with E-state index in [0.29, 0.717) is 24.2 Å². The van der Waals surface area contributed by atoms with E-state index in [9.17, 15) is 10.1 Å². The molecule has 2 saturated heterocycles. The molecule has 0 N–H and O–H groups in total. The third-order valence-electron chi connectivity index (χ3n) is 5.27. The number of nitrogens with zero attached hydrogens (tertiary/aromatic N) is 4. The van der Waals surface area contributed by atoms with E-state index in [-0.39, 0.29) is 11.9 Å². The minimum Gasteiger partial charge on any atom is -0.335 e. The average molecular weight is 312 g/mol. The molecule has 3 unspecified atom stereocenters. The zero-order valence-electron chi connectivity index (χ0n) is 14.1. The predicted molar refractivity (Wildman–Crippen MR) is 88.6 cm³/mol. The molecule has 2 fully saturated rings. The van der Waals surface area contributed by atoms with Gasteiger partial charge in [0.15, 0.2) is 0 Å². The molecule has 0 spiro atoms. The Labute approximate surface area is 138 Å². The second-order valence-electron chi connectivity index (χ2n) is 6.87. The van der Waals surface area contributed by atoms with E-state index < -0.39 is 0 Å². The number of carbonyl (C=O) groups is 1. The Morgan fingerprint density at radius 3 is 2.74 bits per heavy atom. The number of rotatable bonds is 3. The molecule has 0 saturated carbocycles. The molecule has 0 aromatic heterocycles. The van der Waals surface area contributed by atoms with Gasteiger partial charge in [-0.25, -0.2) is 0 Å². The molecule has 2 aliphatic rings. The molecule has 3 rings (SSSR count). The lowest BCUT2D eigenvalue weighted by Crippen LogP contribution is -2.58. The summed E-state index contributed by atoms with van der Waals surface area (Å²) in [5, 5.41) is 9.26. The Kier molecular flexibility index (Phi) is 4.38. The Balaban J connectivity index is 1.77. The van der Waals surface area contributed by atoms with Gasteiger partial charge in [-0.2, -0.15) is 5.26 Å². The topological polar surface area (TPSA) is 50.6 Å². The fraction of sp³-hybridized carbons (Fsp3) is 0.556. The van der Waals surface area contributed by atoms with Crippen molar-refractivity contribution in [2.75, 3.05) is 27.2 Å². The zero-order valence-corrected chi connectivity index (χ0v) is 14.1. The van der Waals surface area contributed by atoms with Crippen LogP contribution in [0.25, 0.3) is 0 Å². The summed E-state index contributed by atoms with van der Waals surface area (Å²) in [6.07, 6.45) is 1.03. The maximum Gasteiger partial charge on any atom is 0.240 e. The normalized spacial score (nSPS) is 28.0. The SMILES string of the molecule is CC1C(=O)N2CC(N(C)C)CC2CN1Cc1ccccc1C#N. The van der Waals surface area contributed by atoms with Gasteiger partial charge in [-0.15, -0.1) is 0 Å². The standard InChI is InChI=1S/C18H24N4O/c1-13-18(23)22-12-16(20(2)3)8-17(22)11-21(13)10-15-7-5-4-6-14(15)9-19/h4-7,13,16-17H,8,10-12H2,1-3H3. The highest BCUT2D eigenvalue weighted by atomic mass is 16.2. The fourth-order valence-corrected chi connectivity index (χ4v) is 3.72. The lowest BCUT2D eigenvalue weighted by molar-refractivity contribution is -0.143. The van der Waals surface area contributed by atoms with Gasteiger partial charge in [-0.3, -0.25) is 9.69 Å². The van der Waals surface area contributed by atoms with Gasteiger partial charge < -0.3 is 9.80 Å². The Morgan fingerprint density at radius 1 is 1.30 bits per heavy atom. The molecule has 3 atom stereocenters. The summed E-state index contributed by atoms with van der Waals surface area (Å²) in [5.41, 5.74) is 1.71. The van der Waals surface area contributed by atoms with Crippen molar-refractivity contribution in [2.45, 2.75) is 38.0 Å². The molecule has 2 heterocycles. The number of piperazine rings is 1. The second-order valence-corrected chi connectivity index (χ2v) is 6.87. The van der Waals surface area contributed by atoms with Gasteiger partial charge in [-0.1, -0.05) is 18.2 Å². The van der Waals surface area contributed by atoms with E-state index in [4.69, 9.17) is 0 Å². The van der Waals surface area contributed by atoms with Crippen LogP contribution in [0.2, 0.25) is 0 Å². The van der Waals surface area contributed by atoms with Gasteiger partial charge in [0, 0.05) is 31.7 Å². The molecule has 5 heteroatoms. The van der Waals surface area contributed by atoms with Crippen molar-refractivity contribution in [1.82, 2.24) is 14.7 Å². The average Bonchev–Trinajstić information content (AvgIpc) is 2.97. The maximum absolute atomic E-state index is 12.7. The van der Waals surface area contributed by atoms with Crippen LogP contribution < -0.4 is 0 Å². The Bertz CT molecular complexity index is 636. The van der Waals surface area contributed by atoms with Crippen LogP contribution in [0, 0.1) is 11.3 Å². The van der Waals surface area contributed by atoms with Crippen LogP contribution in [-0.2, 0) is 11.3 Å². The lowest BCUT2D eigenvalue weighted by Gasteiger charge is -2.41. The Hall–Kier alpha value is -1.90. The summed E-state index contributed by atoms with van der Waals surface area (Å²) in [6.45, 7) is 4.37. The van der Waals surface area contributed by atoms with Crippen LogP contribution >= 0.6 is 0 Å². The zero-order chi connectivity index (χ0) is 16.6. The van der Waals surface area contributed by atoms with E-state index >= 15 is 0 Å². The third-order valence-corrected chi connectivity index (χ3v) is 5.27. The quantitative estimate of drug-likeness (QED) is 0.844. The minimum absolute atomic E-state index is 0.126. The second kappa shape index (κ2) is 6.31. The highest BCUT2D eigenvalue weighted by molar-refractivity contribution is 5.83. The molecule has 23 heavy (non-hydrogen) atoms. The van der Waals surface area contributed by atoms with Crippen LogP contribution in [0.4, 0.5) is 0 Å². The van der Waals surface area contributed by atoms with Crippen molar-refractivity contribution in [3.8, 4) is 6.07 Å². The maximum atomic E-state index is 12.7. The van der Waals surface area contributed by atoms with Crippen molar-refractivity contribution in [1.29, 1.82) is 5.26 Å². The number of nitriles is 1. The first-order valence-corrected chi connectivity index (χ1v) is 8.20. The first kappa shape index (κ1) is 16.0. The minimum atomic E-state index is -0.126. The number of hydrogen-bond acceptors (Lipinski definition) is 4. The first-order valence-electron chi connectivity index (χ1n) is 8.20. The Morgan fingerprint density at radius 2 is 2.04 bits per heavy atom. The van der Waals surface area contributed by atoms with Gasteiger partial charge >= 0.3 is 0 Å². The summed E-state index contributed by atoms with van der Waals surface area (Å²) in [5.74, 6) is 0.222. The molecule has 5 nitrogen and oxygen atoms in total. The molecule has 0 aliphatic carbocycles. The highest BCUT2D eigenvalue weighted by Crippen LogP contribution is 2.29. The van der Waals surface area contributed by atoms with Crippen molar-refractivity contribution in [2.24, 2.45) is 0 Å². The predicted octanol–water partition coefficient (Wildman–Crippen LogP) is 1.29.